The SMILES string of the molecule is CCOc1ccc(N(CCC#N)C(=O)CN(C)c2cccc3ccccc23)cc1. The van der Waals surface area contributed by atoms with Gasteiger partial charge in [0.05, 0.1) is 25.6 Å². The number of nitrogens with zero attached hydrogens (tertiary/aromatic N) is 3. The summed E-state index contributed by atoms with van der Waals surface area (Å²) in [6.07, 6.45) is 0.275. The van der Waals surface area contributed by atoms with E-state index in [1.807, 2.05) is 67.4 Å². The number of hydrogen-bond donors (Lipinski definition) is 0. The quantitative estimate of drug-likeness (QED) is 0.566. The molecule has 3 aromatic rings. The fourth-order valence-electron chi connectivity index (χ4n) is 3.36. The molecule has 29 heavy (non-hydrogen) atoms. The van der Waals surface area contributed by atoms with Crippen LogP contribution in [0.3, 0.4) is 0 Å². The molecule has 0 atom stereocenters. The minimum absolute atomic E-state index is 0.0557. The molecule has 0 saturated carbocycles. The van der Waals surface area contributed by atoms with Crippen molar-refractivity contribution in [1.29, 1.82) is 5.26 Å². The highest BCUT2D eigenvalue weighted by atomic mass is 16.5. The summed E-state index contributed by atoms with van der Waals surface area (Å²) in [5.41, 5.74) is 1.77. The molecular weight excluding hydrogens is 362 g/mol. The van der Waals surface area contributed by atoms with Crippen LogP contribution in [0.5, 0.6) is 5.75 Å². The predicted octanol–water partition coefficient (Wildman–Crippen LogP) is 4.62. The van der Waals surface area contributed by atoms with Gasteiger partial charge < -0.3 is 14.5 Å². The second kappa shape index (κ2) is 9.61. The highest BCUT2D eigenvalue weighted by molar-refractivity contribution is 5.99. The third-order valence-corrected chi connectivity index (χ3v) is 4.76. The third-order valence-electron chi connectivity index (χ3n) is 4.76. The second-order valence-corrected chi connectivity index (χ2v) is 6.73. The molecule has 0 bridgehead atoms. The van der Waals surface area contributed by atoms with Crippen LogP contribution >= 0.6 is 0 Å². The number of ether oxygens (including phenoxy) is 1. The molecule has 0 spiro atoms. The van der Waals surface area contributed by atoms with Crippen LogP contribution in [0.15, 0.2) is 66.7 Å². The smallest absolute Gasteiger partial charge is 0.246 e. The van der Waals surface area contributed by atoms with Gasteiger partial charge in [-0.2, -0.15) is 5.26 Å². The average Bonchev–Trinajstić information content (AvgIpc) is 2.75. The predicted molar refractivity (Wildman–Crippen MR) is 117 cm³/mol. The first-order valence-corrected chi connectivity index (χ1v) is 9.73. The number of benzene rings is 3. The maximum absolute atomic E-state index is 13.1. The zero-order chi connectivity index (χ0) is 20.6. The number of fused-ring (bicyclic) bond motifs is 1. The van der Waals surface area contributed by atoms with Crippen molar-refractivity contribution in [3.05, 3.63) is 66.7 Å². The number of hydrogen-bond acceptors (Lipinski definition) is 4. The summed E-state index contributed by atoms with van der Waals surface area (Å²) >= 11 is 0. The summed E-state index contributed by atoms with van der Waals surface area (Å²) < 4.78 is 5.48. The monoisotopic (exact) mass is 387 g/mol. The summed E-state index contributed by atoms with van der Waals surface area (Å²) in [5.74, 6) is 0.705. The van der Waals surface area contributed by atoms with Gasteiger partial charge in [0, 0.05) is 30.4 Å². The lowest BCUT2D eigenvalue weighted by Crippen LogP contribution is -2.39. The normalized spacial score (nSPS) is 10.4. The lowest BCUT2D eigenvalue weighted by molar-refractivity contribution is -0.117. The summed E-state index contributed by atoms with van der Waals surface area (Å²) in [4.78, 5) is 16.7. The molecule has 148 valence electrons. The Balaban J connectivity index is 1.81. The van der Waals surface area contributed by atoms with Crippen LogP contribution in [-0.4, -0.2) is 32.7 Å². The van der Waals surface area contributed by atoms with E-state index in [1.54, 1.807) is 4.90 Å². The van der Waals surface area contributed by atoms with Crippen molar-refractivity contribution in [3.63, 3.8) is 0 Å². The maximum Gasteiger partial charge on any atom is 0.246 e. The second-order valence-electron chi connectivity index (χ2n) is 6.73. The number of nitriles is 1. The molecule has 5 heteroatoms. The molecule has 0 fully saturated rings. The topological polar surface area (TPSA) is 56.6 Å². The van der Waals surface area contributed by atoms with E-state index < -0.39 is 0 Å². The molecule has 5 nitrogen and oxygen atoms in total. The molecule has 0 aliphatic carbocycles. The van der Waals surface area contributed by atoms with Crippen molar-refractivity contribution >= 4 is 28.1 Å². The Hall–Kier alpha value is -3.52. The zero-order valence-corrected chi connectivity index (χ0v) is 16.8. The van der Waals surface area contributed by atoms with E-state index in [4.69, 9.17) is 10.00 Å². The van der Waals surface area contributed by atoms with E-state index in [1.165, 1.54) is 0 Å². The molecule has 0 N–H and O–H groups in total. The van der Waals surface area contributed by atoms with E-state index in [9.17, 15) is 4.79 Å². The van der Waals surface area contributed by atoms with Gasteiger partial charge in [-0.15, -0.1) is 0 Å². The molecule has 0 saturated heterocycles. The van der Waals surface area contributed by atoms with E-state index >= 15 is 0 Å². The summed E-state index contributed by atoms with van der Waals surface area (Å²) in [5, 5.41) is 11.3. The van der Waals surface area contributed by atoms with Crippen LogP contribution in [0, 0.1) is 11.3 Å². The Bertz CT molecular complexity index is 1000. The van der Waals surface area contributed by atoms with Crippen molar-refractivity contribution in [3.8, 4) is 11.8 Å². The highest BCUT2D eigenvalue weighted by Gasteiger charge is 2.18. The Kier molecular flexibility index (Phi) is 6.70. The molecule has 0 radical (unpaired) electrons. The molecule has 0 aromatic heterocycles. The standard InChI is InChI=1S/C24H25N3O2/c1-3-29-21-14-12-20(13-15-21)27(17-7-16-25)24(28)18-26(2)23-11-6-9-19-8-4-5-10-22(19)23/h4-6,8-15H,3,7,17-18H2,1-2H3. The van der Waals surface area contributed by atoms with Gasteiger partial charge >= 0.3 is 0 Å². The number of amides is 1. The van der Waals surface area contributed by atoms with Gasteiger partial charge in [0.15, 0.2) is 0 Å². The van der Waals surface area contributed by atoms with Crippen LogP contribution in [0.2, 0.25) is 0 Å². The summed E-state index contributed by atoms with van der Waals surface area (Å²) in [6.45, 7) is 3.09. The Morgan fingerprint density at radius 2 is 1.76 bits per heavy atom. The van der Waals surface area contributed by atoms with Crippen molar-refractivity contribution in [2.75, 3.05) is 36.5 Å². The lowest BCUT2D eigenvalue weighted by Gasteiger charge is -2.27. The van der Waals surface area contributed by atoms with Gasteiger partial charge in [-0.05, 0) is 42.6 Å². The summed E-state index contributed by atoms with van der Waals surface area (Å²) in [7, 11) is 1.92. The molecule has 0 aliphatic rings. The Morgan fingerprint density at radius 1 is 1.03 bits per heavy atom. The van der Waals surface area contributed by atoms with Crippen LogP contribution in [0.4, 0.5) is 11.4 Å². The molecule has 3 rings (SSSR count). The maximum atomic E-state index is 13.1. The van der Waals surface area contributed by atoms with Crippen LogP contribution in [0.1, 0.15) is 13.3 Å². The van der Waals surface area contributed by atoms with Gasteiger partial charge in [-0.25, -0.2) is 0 Å². The van der Waals surface area contributed by atoms with Gasteiger partial charge in [0.2, 0.25) is 5.91 Å². The zero-order valence-electron chi connectivity index (χ0n) is 16.8. The largest absolute Gasteiger partial charge is 0.494 e. The lowest BCUT2D eigenvalue weighted by atomic mass is 10.1. The summed E-state index contributed by atoms with van der Waals surface area (Å²) in [6, 6.07) is 23.8. The molecule has 3 aromatic carbocycles. The average molecular weight is 387 g/mol. The van der Waals surface area contributed by atoms with Crippen molar-refractivity contribution in [1.82, 2.24) is 0 Å². The Morgan fingerprint density at radius 3 is 2.48 bits per heavy atom. The van der Waals surface area contributed by atoms with Gasteiger partial charge in [-0.3, -0.25) is 4.79 Å². The van der Waals surface area contributed by atoms with Crippen LogP contribution < -0.4 is 14.5 Å². The Labute approximate surface area is 171 Å². The van der Waals surface area contributed by atoms with Gasteiger partial charge in [-0.1, -0.05) is 36.4 Å². The van der Waals surface area contributed by atoms with E-state index in [0.29, 0.717) is 13.2 Å². The fourth-order valence-corrected chi connectivity index (χ4v) is 3.36. The van der Waals surface area contributed by atoms with E-state index in [2.05, 4.69) is 24.3 Å². The first-order valence-electron chi connectivity index (χ1n) is 9.73. The minimum Gasteiger partial charge on any atom is -0.494 e. The van der Waals surface area contributed by atoms with Crippen molar-refractivity contribution in [2.45, 2.75) is 13.3 Å². The first-order chi connectivity index (χ1) is 14.1. The first kappa shape index (κ1) is 20.2. The molecule has 1 amide bonds. The number of carbonyl (C=O) groups is 1. The van der Waals surface area contributed by atoms with Crippen molar-refractivity contribution < 1.29 is 9.53 Å². The van der Waals surface area contributed by atoms with E-state index in [-0.39, 0.29) is 18.9 Å². The number of anilines is 2. The number of likely N-dealkylation sites (N-methyl/N-ethyl adjacent to an activating group) is 1. The van der Waals surface area contributed by atoms with E-state index in [0.717, 1.165) is 27.9 Å². The molecular formula is C24H25N3O2. The minimum atomic E-state index is -0.0557. The molecule has 0 aliphatic heterocycles. The van der Waals surface area contributed by atoms with Crippen LogP contribution in [0.25, 0.3) is 10.8 Å². The fraction of sp³-hybridized carbons (Fsp3) is 0.250. The molecule has 0 heterocycles. The highest BCUT2D eigenvalue weighted by Crippen LogP contribution is 2.26. The van der Waals surface area contributed by atoms with Crippen LogP contribution in [-0.2, 0) is 4.79 Å². The number of rotatable bonds is 8. The van der Waals surface area contributed by atoms with Gasteiger partial charge in [0.25, 0.3) is 0 Å². The van der Waals surface area contributed by atoms with Crippen molar-refractivity contribution in [2.24, 2.45) is 0 Å². The van der Waals surface area contributed by atoms with Gasteiger partial charge in [0.1, 0.15) is 5.75 Å². The number of carbonyl (C=O) groups excluding carboxylic acids is 1. The molecule has 0 unspecified atom stereocenters. The third kappa shape index (κ3) is 4.85.